The zero-order valence-corrected chi connectivity index (χ0v) is 12.2. The molecule has 1 aliphatic rings. The molecule has 106 valence electrons. The van der Waals surface area contributed by atoms with Crippen LogP contribution in [0.25, 0.3) is 0 Å². The predicted octanol–water partition coefficient (Wildman–Crippen LogP) is 2.40. The Hall–Kier alpha value is -1.13. The highest BCUT2D eigenvalue weighted by Crippen LogP contribution is 2.23. The molecule has 1 aliphatic heterocycles. The number of nitrogens with one attached hydrogen (secondary N) is 1. The molecule has 1 N–H and O–H groups in total. The number of methoxy groups -OCH3 is 1. The summed E-state index contributed by atoms with van der Waals surface area (Å²) in [5.74, 6) is 0.934. The summed E-state index contributed by atoms with van der Waals surface area (Å²) in [4.78, 5) is 6.72. The van der Waals surface area contributed by atoms with Crippen LogP contribution in [-0.4, -0.2) is 35.7 Å². The Labute approximate surface area is 116 Å². The van der Waals surface area contributed by atoms with E-state index in [1.807, 2.05) is 12.3 Å². The highest BCUT2D eigenvalue weighted by molar-refractivity contribution is 5.29. The molecule has 0 bridgehead atoms. The number of hydrogen-bond acceptors (Lipinski definition) is 4. The molecule has 2 rings (SSSR count). The largest absolute Gasteiger partial charge is 0.496 e. The summed E-state index contributed by atoms with van der Waals surface area (Å²) in [5, 5.41) is 3.65. The van der Waals surface area contributed by atoms with Gasteiger partial charge in [0, 0.05) is 30.5 Å². The number of likely N-dealkylation sites (tertiary alicyclic amines) is 1. The van der Waals surface area contributed by atoms with Gasteiger partial charge in [-0.2, -0.15) is 0 Å². The van der Waals surface area contributed by atoms with E-state index in [0.717, 1.165) is 18.8 Å². The zero-order valence-electron chi connectivity index (χ0n) is 12.2. The third kappa shape index (κ3) is 3.91. The molecule has 1 fully saturated rings. The van der Waals surface area contributed by atoms with Gasteiger partial charge in [-0.15, -0.1) is 0 Å². The molecule has 1 aromatic rings. The van der Waals surface area contributed by atoms with Crippen molar-refractivity contribution in [1.82, 2.24) is 15.2 Å². The van der Waals surface area contributed by atoms with Gasteiger partial charge in [0.05, 0.1) is 13.3 Å². The molecule has 0 amide bonds. The van der Waals surface area contributed by atoms with E-state index in [9.17, 15) is 0 Å². The average molecular weight is 263 g/mol. The van der Waals surface area contributed by atoms with Crippen molar-refractivity contribution in [2.75, 3.05) is 13.7 Å². The summed E-state index contributed by atoms with van der Waals surface area (Å²) in [5.41, 5.74) is 1.17. The Morgan fingerprint density at radius 1 is 1.47 bits per heavy atom. The summed E-state index contributed by atoms with van der Waals surface area (Å²) >= 11 is 0. The lowest BCUT2D eigenvalue weighted by Gasteiger charge is -2.37. The van der Waals surface area contributed by atoms with Crippen LogP contribution in [0, 0.1) is 0 Å². The number of hydrogen-bond donors (Lipinski definition) is 1. The number of ether oxygens (including phenoxy) is 1. The van der Waals surface area contributed by atoms with Gasteiger partial charge in [0.2, 0.25) is 0 Å². The molecule has 0 saturated carbocycles. The molecule has 1 atom stereocenters. The van der Waals surface area contributed by atoms with Crippen LogP contribution in [0.1, 0.15) is 38.7 Å². The van der Waals surface area contributed by atoms with Crippen molar-refractivity contribution in [2.24, 2.45) is 0 Å². The first-order valence-electron chi connectivity index (χ1n) is 7.17. The first-order valence-corrected chi connectivity index (χ1v) is 7.17. The van der Waals surface area contributed by atoms with E-state index >= 15 is 0 Å². The average Bonchev–Trinajstić information content (AvgIpc) is 2.41. The molecule has 1 unspecified atom stereocenters. The van der Waals surface area contributed by atoms with Gasteiger partial charge >= 0.3 is 0 Å². The number of nitrogens with zero attached hydrogens (tertiary/aromatic N) is 2. The molecule has 4 heteroatoms. The SMILES string of the molecule is COc1ccncc1CN1CCCCC1NC(C)C. The molecular weight excluding hydrogens is 238 g/mol. The summed E-state index contributed by atoms with van der Waals surface area (Å²) in [6, 6.07) is 2.45. The van der Waals surface area contributed by atoms with E-state index in [4.69, 9.17) is 4.74 Å². The third-order valence-corrected chi connectivity index (χ3v) is 3.59. The van der Waals surface area contributed by atoms with Gasteiger partial charge in [0.1, 0.15) is 5.75 Å². The van der Waals surface area contributed by atoms with Crippen molar-refractivity contribution in [3.05, 3.63) is 24.0 Å². The number of rotatable bonds is 5. The molecule has 0 aliphatic carbocycles. The Bertz CT molecular complexity index is 395. The lowest BCUT2D eigenvalue weighted by atomic mass is 10.1. The third-order valence-electron chi connectivity index (χ3n) is 3.59. The van der Waals surface area contributed by atoms with Gasteiger partial charge in [0.15, 0.2) is 0 Å². The Kier molecular flexibility index (Phi) is 5.16. The van der Waals surface area contributed by atoms with E-state index in [1.54, 1.807) is 13.3 Å². The molecule has 4 nitrogen and oxygen atoms in total. The fourth-order valence-corrected chi connectivity index (χ4v) is 2.70. The molecule has 1 aromatic heterocycles. The normalized spacial score (nSPS) is 20.7. The maximum absolute atomic E-state index is 5.42. The van der Waals surface area contributed by atoms with Crippen LogP contribution >= 0.6 is 0 Å². The predicted molar refractivity (Wildman–Crippen MR) is 77.1 cm³/mol. The van der Waals surface area contributed by atoms with Crippen molar-refractivity contribution in [3.63, 3.8) is 0 Å². The molecule has 2 heterocycles. The van der Waals surface area contributed by atoms with E-state index in [-0.39, 0.29) is 0 Å². The molecular formula is C15H25N3O. The summed E-state index contributed by atoms with van der Waals surface area (Å²) < 4.78 is 5.42. The van der Waals surface area contributed by atoms with Gasteiger partial charge in [-0.05, 0) is 45.7 Å². The van der Waals surface area contributed by atoms with E-state index in [1.165, 1.54) is 24.8 Å². The van der Waals surface area contributed by atoms with Gasteiger partial charge in [-0.1, -0.05) is 0 Å². The van der Waals surface area contributed by atoms with Crippen LogP contribution in [0.3, 0.4) is 0 Å². The minimum atomic E-state index is 0.471. The standard InChI is InChI=1S/C15H25N3O/c1-12(2)17-15-6-4-5-9-18(15)11-13-10-16-8-7-14(13)19-3/h7-8,10,12,15,17H,4-6,9,11H2,1-3H3. The lowest BCUT2D eigenvalue weighted by Crippen LogP contribution is -2.50. The van der Waals surface area contributed by atoms with Crippen LogP contribution in [0.5, 0.6) is 5.75 Å². The minimum Gasteiger partial charge on any atom is -0.496 e. The second-order valence-corrected chi connectivity index (χ2v) is 5.49. The van der Waals surface area contributed by atoms with Crippen LogP contribution in [-0.2, 0) is 6.54 Å². The van der Waals surface area contributed by atoms with Gasteiger partial charge < -0.3 is 4.74 Å². The molecule has 0 radical (unpaired) electrons. The van der Waals surface area contributed by atoms with Crippen molar-refractivity contribution in [1.29, 1.82) is 0 Å². The van der Waals surface area contributed by atoms with Gasteiger partial charge in [-0.25, -0.2) is 0 Å². The van der Waals surface area contributed by atoms with Crippen molar-refractivity contribution >= 4 is 0 Å². The second-order valence-electron chi connectivity index (χ2n) is 5.49. The molecule has 1 saturated heterocycles. The minimum absolute atomic E-state index is 0.471. The lowest BCUT2D eigenvalue weighted by molar-refractivity contribution is 0.105. The maximum atomic E-state index is 5.42. The first-order chi connectivity index (χ1) is 9.20. The molecule has 0 spiro atoms. The Morgan fingerprint density at radius 3 is 3.05 bits per heavy atom. The number of piperidine rings is 1. The maximum Gasteiger partial charge on any atom is 0.126 e. The quantitative estimate of drug-likeness (QED) is 0.885. The first kappa shape index (κ1) is 14.3. The highest BCUT2D eigenvalue weighted by Gasteiger charge is 2.23. The molecule has 19 heavy (non-hydrogen) atoms. The summed E-state index contributed by atoms with van der Waals surface area (Å²) in [7, 11) is 1.72. The smallest absolute Gasteiger partial charge is 0.126 e. The van der Waals surface area contributed by atoms with E-state index in [2.05, 4.69) is 29.0 Å². The number of aromatic nitrogens is 1. The Morgan fingerprint density at radius 2 is 2.32 bits per heavy atom. The zero-order chi connectivity index (χ0) is 13.7. The van der Waals surface area contributed by atoms with Crippen LogP contribution < -0.4 is 10.1 Å². The van der Waals surface area contributed by atoms with E-state index in [0.29, 0.717) is 12.2 Å². The highest BCUT2D eigenvalue weighted by atomic mass is 16.5. The topological polar surface area (TPSA) is 37.4 Å². The fourth-order valence-electron chi connectivity index (χ4n) is 2.70. The fraction of sp³-hybridized carbons (Fsp3) is 0.667. The van der Waals surface area contributed by atoms with E-state index < -0.39 is 0 Å². The van der Waals surface area contributed by atoms with Gasteiger partial charge in [-0.3, -0.25) is 15.2 Å². The Balaban J connectivity index is 2.06. The monoisotopic (exact) mass is 263 g/mol. The van der Waals surface area contributed by atoms with Crippen LogP contribution in [0.2, 0.25) is 0 Å². The summed E-state index contributed by atoms with van der Waals surface area (Å²) in [6.07, 6.45) is 7.98. The van der Waals surface area contributed by atoms with Crippen molar-refractivity contribution in [2.45, 2.75) is 51.9 Å². The van der Waals surface area contributed by atoms with Crippen molar-refractivity contribution in [3.8, 4) is 5.75 Å². The summed E-state index contributed by atoms with van der Waals surface area (Å²) in [6.45, 7) is 6.46. The van der Waals surface area contributed by atoms with Crippen LogP contribution in [0.4, 0.5) is 0 Å². The molecule has 0 aromatic carbocycles. The number of pyridine rings is 1. The second kappa shape index (κ2) is 6.87. The van der Waals surface area contributed by atoms with Gasteiger partial charge in [0.25, 0.3) is 0 Å². The van der Waals surface area contributed by atoms with Crippen molar-refractivity contribution < 1.29 is 4.74 Å². The van der Waals surface area contributed by atoms with Crippen LogP contribution in [0.15, 0.2) is 18.5 Å².